The summed E-state index contributed by atoms with van der Waals surface area (Å²) in [5, 5.41) is 0. The highest BCUT2D eigenvalue weighted by molar-refractivity contribution is 6.75. The van der Waals surface area contributed by atoms with E-state index in [2.05, 4.69) is 0 Å². The molecule has 0 aliphatic rings. The van der Waals surface area contributed by atoms with E-state index in [0.717, 1.165) is 6.92 Å². The van der Waals surface area contributed by atoms with Crippen molar-refractivity contribution in [3.05, 3.63) is 63.7 Å². The van der Waals surface area contributed by atoms with E-state index in [1.165, 1.54) is 0 Å². The Morgan fingerprint density at radius 2 is 0.771 bits per heavy atom. The molecular weight excluding hydrogens is 545 g/mol. The summed E-state index contributed by atoms with van der Waals surface area (Å²) in [6, 6.07) is 0. The van der Waals surface area contributed by atoms with Crippen LogP contribution >= 0.6 is 0 Å². The molecule has 0 atom stereocenters. The fraction of sp³-hybridized carbons (Fsp3) is 0.400. The van der Waals surface area contributed by atoms with Gasteiger partial charge in [0.25, 0.3) is 0 Å². The van der Waals surface area contributed by atoms with E-state index < -0.39 is 100 Å². The van der Waals surface area contributed by atoms with Gasteiger partial charge in [-0.15, -0.1) is 0 Å². The van der Waals surface area contributed by atoms with Gasteiger partial charge >= 0.3 is 15.6 Å². The molecule has 0 unspecified atom stereocenters. The molecular formula is C20H27AlF10O2Si2. The van der Waals surface area contributed by atoms with Crippen molar-refractivity contribution in [3.63, 3.8) is 0 Å². The van der Waals surface area contributed by atoms with Crippen molar-refractivity contribution in [2.75, 3.05) is 0 Å². The summed E-state index contributed by atoms with van der Waals surface area (Å²) in [5.41, 5.74) is -0.869. The normalized spacial score (nSPS) is 11.0. The number of rotatable bonds is 3. The fourth-order valence-corrected chi connectivity index (χ4v) is 4.65. The minimum atomic E-state index is -2.13. The highest BCUT2D eigenvalue weighted by atomic mass is 28.4. The summed E-state index contributed by atoms with van der Waals surface area (Å²) in [6.07, 6.45) is 0. The van der Waals surface area contributed by atoms with E-state index in [4.69, 9.17) is 8.27 Å². The van der Waals surface area contributed by atoms with Crippen molar-refractivity contribution in [1.82, 2.24) is 0 Å². The first-order valence-corrected chi connectivity index (χ1v) is 17.6. The molecule has 0 bridgehead atoms. The number of hydrogen-bond acceptors (Lipinski definition) is 2. The van der Waals surface area contributed by atoms with Crippen LogP contribution in [0.25, 0.3) is 0 Å². The highest BCUT2D eigenvalue weighted by Gasteiger charge is 2.28. The number of halogens is 10. The first kappa shape index (κ1) is 35.8. The SMILES string of the molecule is C.C[Si](C)(C)O.C[Si](C)(C)[O][AlH][c]1c(F)c(F)c(F)c(F)c1F.Cc1c(F)c(F)c(F)c(F)c1F. The van der Waals surface area contributed by atoms with E-state index in [9.17, 15) is 43.9 Å². The smallest absolute Gasteiger partial charge is 0.473 e. The second-order valence-electron chi connectivity index (χ2n) is 8.82. The summed E-state index contributed by atoms with van der Waals surface area (Å²) in [7, 11) is -3.66. The second-order valence-corrected chi connectivity index (χ2v) is 19.5. The Hall–Kier alpha value is -1.37. The van der Waals surface area contributed by atoms with Gasteiger partial charge in [0.05, 0.1) is 0 Å². The molecule has 2 aromatic carbocycles. The maximum absolute atomic E-state index is 13.2. The Morgan fingerprint density at radius 3 is 1.03 bits per heavy atom. The predicted molar refractivity (Wildman–Crippen MR) is 121 cm³/mol. The molecule has 0 aliphatic heterocycles. The zero-order chi connectivity index (χ0) is 27.3. The molecule has 0 aliphatic carbocycles. The van der Waals surface area contributed by atoms with E-state index in [1.807, 2.05) is 19.6 Å². The molecule has 2 aromatic rings. The van der Waals surface area contributed by atoms with Crippen LogP contribution < -0.4 is 4.43 Å². The molecule has 15 heteroatoms. The van der Waals surface area contributed by atoms with Crippen molar-refractivity contribution in [2.24, 2.45) is 0 Å². The largest absolute Gasteiger partial charge is 0.545 e. The van der Waals surface area contributed by atoms with Crippen LogP contribution in [0.3, 0.4) is 0 Å². The molecule has 1 N–H and O–H groups in total. The van der Waals surface area contributed by atoms with Gasteiger partial charge in [0.15, 0.2) is 69.0 Å². The fourth-order valence-electron chi connectivity index (χ4n) is 1.78. The molecule has 2 nitrogen and oxygen atoms in total. The zero-order valence-corrected chi connectivity index (χ0v) is 22.8. The monoisotopic (exact) mass is 572 g/mol. The standard InChI is InChI=1S/C7H3F5.C6F5.C3H10OSi.C3H9OSi.CH4.Al.H/c1-2-3(8)5(10)7(12)6(11)4(2)9;7-2-1-3(8)5(10)6(11)4(2)9;2*1-5(2,3)4;;;/h1H3;;4H,1-3H3;1-3H3;1H4;;/q;;;-1;;+1;. The van der Waals surface area contributed by atoms with Gasteiger partial charge in [-0.1, -0.05) is 7.43 Å². The first-order valence-electron chi connectivity index (χ1n) is 9.46. The lowest BCUT2D eigenvalue weighted by Crippen LogP contribution is -2.37. The Balaban J connectivity index is 0. The van der Waals surface area contributed by atoms with Crippen molar-refractivity contribution < 1.29 is 52.2 Å². The lowest BCUT2D eigenvalue weighted by Gasteiger charge is -2.18. The topological polar surface area (TPSA) is 29.5 Å². The Bertz CT molecular complexity index is 885. The Morgan fingerprint density at radius 1 is 0.543 bits per heavy atom. The first-order chi connectivity index (χ1) is 15.1. The zero-order valence-electron chi connectivity index (χ0n) is 19.3. The quantitative estimate of drug-likeness (QED) is 0.201. The van der Waals surface area contributed by atoms with Gasteiger partial charge in [0.2, 0.25) is 5.82 Å². The maximum Gasteiger partial charge on any atom is 0.473 e. The van der Waals surface area contributed by atoms with Crippen LogP contribution in [-0.2, 0) is 3.48 Å². The van der Waals surface area contributed by atoms with Gasteiger partial charge in [-0.25, -0.2) is 43.9 Å². The van der Waals surface area contributed by atoms with Gasteiger partial charge in [-0.3, -0.25) is 0 Å². The van der Waals surface area contributed by atoms with Gasteiger partial charge in [0.1, 0.15) is 0 Å². The highest BCUT2D eigenvalue weighted by Crippen LogP contribution is 2.21. The summed E-state index contributed by atoms with van der Waals surface area (Å²) in [6.45, 7) is 11.8. The predicted octanol–water partition coefficient (Wildman–Crippen LogP) is 6.35. The summed E-state index contributed by atoms with van der Waals surface area (Å²) >= 11 is -1.97. The molecule has 0 heterocycles. The second kappa shape index (κ2) is 13.8. The van der Waals surface area contributed by atoms with Crippen LogP contribution in [0, 0.1) is 65.1 Å². The summed E-state index contributed by atoms with van der Waals surface area (Å²) in [4.78, 5) is 8.66. The third-order valence-electron chi connectivity index (χ3n) is 3.38. The molecule has 0 saturated carbocycles. The molecule has 200 valence electrons. The van der Waals surface area contributed by atoms with Gasteiger partial charge in [-0.2, -0.15) is 0 Å². The van der Waals surface area contributed by atoms with E-state index in [1.54, 1.807) is 19.6 Å². The molecule has 2 rings (SSSR count). The van der Waals surface area contributed by atoms with Crippen molar-refractivity contribution in [2.45, 2.75) is 53.6 Å². The third-order valence-corrected chi connectivity index (χ3v) is 8.33. The van der Waals surface area contributed by atoms with Crippen molar-refractivity contribution >= 4 is 36.6 Å². The van der Waals surface area contributed by atoms with E-state index >= 15 is 0 Å². The van der Waals surface area contributed by atoms with Crippen LogP contribution in [0.15, 0.2) is 0 Å². The molecule has 0 amide bonds. The minimum Gasteiger partial charge on any atom is -0.545 e. The minimum absolute atomic E-state index is 0. The lowest BCUT2D eigenvalue weighted by atomic mass is 10.2. The molecule has 0 saturated heterocycles. The average molecular weight is 573 g/mol. The van der Waals surface area contributed by atoms with Gasteiger partial charge < -0.3 is 8.27 Å². The lowest BCUT2D eigenvalue weighted by molar-refractivity contribution is 0.373. The molecule has 0 aromatic heterocycles. The molecule has 0 spiro atoms. The van der Waals surface area contributed by atoms with Crippen LogP contribution in [0.4, 0.5) is 43.9 Å². The Labute approximate surface area is 206 Å². The molecule has 35 heavy (non-hydrogen) atoms. The van der Waals surface area contributed by atoms with Gasteiger partial charge in [0, 0.05) is 5.56 Å². The van der Waals surface area contributed by atoms with Crippen LogP contribution in [0.5, 0.6) is 0 Å². The van der Waals surface area contributed by atoms with Crippen LogP contribution in [-0.4, -0.2) is 37.0 Å². The average Bonchev–Trinajstić information content (AvgIpc) is 2.70. The summed E-state index contributed by atoms with van der Waals surface area (Å²) < 4.78 is 131. The molecule has 0 fully saturated rings. The number of hydrogen-bond donors (Lipinski definition) is 1. The third kappa shape index (κ3) is 11.0. The maximum atomic E-state index is 13.2. The molecule has 0 radical (unpaired) electrons. The van der Waals surface area contributed by atoms with Crippen molar-refractivity contribution in [1.29, 1.82) is 0 Å². The van der Waals surface area contributed by atoms with Crippen LogP contribution in [0.2, 0.25) is 39.3 Å². The Kier molecular flexibility index (Phi) is 14.1. The van der Waals surface area contributed by atoms with Crippen LogP contribution in [0.1, 0.15) is 13.0 Å². The van der Waals surface area contributed by atoms with E-state index in [0.29, 0.717) is 0 Å². The van der Waals surface area contributed by atoms with E-state index in [-0.39, 0.29) is 7.43 Å². The summed E-state index contributed by atoms with van der Waals surface area (Å²) in [5.74, 6) is -19.0. The van der Waals surface area contributed by atoms with Gasteiger partial charge in [-0.05, 0) is 50.6 Å². The van der Waals surface area contributed by atoms with Crippen molar-refractivity contribution in [3.8, 4) is 0 Å². The number of benzene rings is 2.